The molecule has 4 nitrogen and oxygen atoms in total. The van der Waals surface area contributed by atoms with Crippen LogP contribution in [0.1, 0.15) is 6.42 Å². The Morgan fingerprint density at radius 1 is 1.50 bits per heavy atom. The van der Waals surface area contributed by atoms with Crippen molar-refractivity contribution in [2.24, 2.45) is 0 Å². The number of hydrogen-bond acceptors (Lipinski definition) is 4. The van der Waals surface area contributed by atoms with E-state index < -0.39 is 24.4 Å². The van der Waals surface area contributed by atoms with Crippen molar-refractivity contribution in [1.82, 2.24) is 5.32 Å². The van der Waals surface area contributed by atoms with Crippen molar-refractivity contribution in [3.63, 3.8) is 0 Å². The Morgan fingerprint density at radius 3 is 2.64 bits per heavy atom. The summed E-state index contributed by atoms with van der Waals surface area (Å²) in [7, 11) is 0. The highest BCUT2D eigenvalue weighted by Gasteiger charge is 2.50. The summed E-state index contributed by atoms with van der Waals surface area (Å²) >= 11 is 0. The van der Waals surface area contributed by atoms with Gasteiger partial charge in [0.15, 0.2) is 0 Å². The molecule has 80 valence electrons. The maximum Gasteiger partial charge on any atom is 0.377 e. The SMILES string of the molecule is O=C1OC(CNC2COC2)CC1(F)F. The van der Waals surface area contributed by atoms with Crippen LogP contribution in [0.3, 0.4) is 0 Å². The highest BCUT2D eigenvalue weighted by Crippen LogP contribution is 2.30. The summed E-state index contributed by atoms with van der Waals surface area (Å²) in [4.78, 5) is 10.6. The third-order valence-corrected chi connectivity index (χ3v) is 2.33. The Labute approximate surface area is 79.6 Å². The van der Waals surface area contributed by atoms with Crippen LogP contribution in [0.2, 0.25) is 0 Å². The summed E-state index contributed by atoms with van der Waals surface area (Å²) in [5.41, 5.74) is 0. The predicted molar refractivity (Wildman–Crippen MR) is 42.1 cm³/mol. The Balaban J connectivity index is 1.75. The van der Waals surface area contributed by atoms with Crippen LogP contribution < -0.4 is 5.32 Å². The average molecular weight is 207 g/mol. The van der Waals surface area contributed by atoms with Gasteiger partial charge in [0.25, 0.3) is 0 Å². The molecule has 2 heterocycles. The van der Waals surface area contributed by atoms with E-state index in [4.69, 9.17) is 4.74 Å². The molecule has 1 N–H and O–H groups in total. The maximum atomic E-state index is 12.7. The highest BCUT2D eigenvalue weighted by atomic mass is 19.3. The zero-order valence-corrected chi connectivity index (χ0v) is 7.46. The first-order valence-electron chi connectivity index (χ1n) is 4.48. The summed E-state index contributed by atoms with van der Waals surface area (Å²) in [5, 5.41) is 2.98. The zero-order valence-electron chi connectivity index (χ0n) is 7.46. The number of hydrogen-bond donors (Lipinski definition) is 1. The Kier molecular flexibility index (Phi) is 2.40. The number of ether oxygens (including phenoxy) is 2. The van der Waals surface area contributed by atoms with E-state index in [-0.39, 0.29) is 12.6 Å². The van der Waals surface area contributed by atoms with Gasteiger partial charge >= 0.3 is 11.9 Å². The molecule has 0 aromatic heterocycles. The van der Waals surface area contributed by atoms with E-state index in [0.717, 1.165) is 0 Å². The first-order chi connectivity index (χ1) is 6.58. The number of halogens is 2. The fraction of sp³-hybridized carbons (Fsp3) is 0.875. The molecule has 1 unspecified atom stereocenters. The van der Waals surface area contributed by atoms with Crippen LogP contribution in [-0.4, -0.2) is 43.8 Å². The predicted octanol–water partition coefficient (Wildman–Crippen LogP) is -0.0744. The first-order valence-corrected chi connectivity index (χ1v) is 4.48. The lowest BCUT2D eigenvalue weighted by molar-refractivity contribution is -0.159. The molecule has 2 aliphatic rings. The van der Waals surface area contributed by atoms with Gasteiger partial charge in [0.2, 0.25) is 0 Å². The Hall–Kier alpha value is -0.750. The van der Waals surface area contributed by atoms with Crippen molar-refractivity contribution in [3.05, 3.63) is 0 Å². The molecule has 0 amide bonds. The minimum Gasteiger partial charge on any atom is -0.456 e. The molecule has 0 saturated carbocycles. The van der Waals surface area contributed by atoms with Gasteiger partial charge in [-0.3, -0.25) is 0 Å². The van der Waals surface area contributed by atoms with Gasteiger partial charge < -0.3 is 14.8 Å². The molecule has 2 aliphatic heterocycles. The van der Waals surface area contributed by atoms with Gasteiger partial charge in [-0.15, -0.1) is 0 Å². The molecule has 0 aromatic carbocycles. The summed E-state index contributed by atoms with van der Waals surface area (Å²) in [5.74, 6) is -4.71. The first kappa shape index (κ1) is 9.79. The number of esters is 1. The Bertz CT molecular complexity index is 243. The molecule has 0 aromatic rings. The van der Waals surface area contributed by atoms with Crippen molar-refractivity contribution < 1.29 is 23.0 Å². The van der Waals surface area contributed by atoms with E-state index in [1.165, 1.54) is 0 Å². The summed E-state index contributed by atoms with van der Waals surface area (Å²) in [6.07, 6.45) is -1.23. The zero-order chi connectivity index (χ0) is 10.2. The third kappa shape index (κ3) is 1.85. The highest BCUT2D eigenvalue weighted by molar-refractivity contribution is 5.79. The molecule has 2 fully saturated rings. The third-order valence-electron chi connectivity index (χ3n) is 2.33. The van der Waals surface area contributed by atoms with Crippen LogP contribution >= 0.6 is 0 Å². The number of carbonyl (C=O) groups excluding carboxylic acids is 1. The van der Waals surface area contributed by atoms with Gasteiger partial charge in [-0.25, -0.2) is 4.79 Å². The second kappa shape index (κ2) is 3.43. The number of rotatable bonds is 3. The quantitative estimate of drug-likeness (QED) is 0.658. The van der Waals surface area contributed by atoms with Crippen LogP contribution in [-0.2, 0) is 14.3 Å². The van der Waals surface area contributed by atoms with E-state index in [2.05, 4.69) is 10.1 Å². The molecule has 0 radical (unpaired) electrons. The van der Waals surface area contributed by atoms with Crippen molar-refractivity contribution in [1.29, 1.82) is 0 Å². The fourth-order valence-corrected chi connectivity index (χ4v) is 1.41. The number of carbonyl (C=O) groups is 1. The topological polar surface area (TPSA) is 47.6 Å². The standard InChI is InChI=1S/C8H11F2NO3/c9-8(10)1-6(14-7(8)12)2-11-5-3-13-4-5/h5-6,11H,1-4H2. The second-order valence-electron chi connectivity index (χ2n) is 3.58. The average Bonchev–Trinajstić information content (AvgIpc) is 2.23. The second-order valence-corrected chi connectivity index (χ2v) is 3.58. The number of nitrogens with one attached hydrogen (secondary N) is 1. The summed E-state index contributed by atoms with van der Waals surface area (Å²) in [6, 6.07) is 0.211. The van der Waals surface area contributed by atoms with Gasteiger partial charge in [-0.05, 0) is 0 Å². The van der Waals surface area contributed by atoms with Gasteiger partial charge in [-0.2, -0.15) is 8.78 Å². The van der Waals surface area contributed by atoms with Crippen molar-refractivity contribution >= 4 is 5.97 Å². The van der Waals surface area contributed by atoms with Gasteiger partial charge in [0.1, 0.15) is 6.10 Å². The van der Waals surface area contributed by atoms with Crippen LogP contribution in [0.15, 0.2) is 0 Å². The lowest BCUT2D eigenvalue weighted by atomic mass is 10.2. The molecule has 14 heavy (non-hydrogen) atoms. The summed E-state index contributed by atoms with van der Waals surface area (Å²) in [6.45, 7) is 1.46. The molecule has 0 bridgehead atoms. The molecule has 2 rings (SSSR count). The fourth-order valence-electron chi connectivity index (χ4n) is 1.41. The largest absolute Gasteiger partial charge is 0.456 e. The number of alkyl halides is 2. The maximum absolute atomic E-state index is 12.7. The van der Waals surface area contributed by atoms with E-state index in [9.17, 15) is 13.6 Å². The van der Waals surface area contributed by atoms with Crippen molar-refractivity contribution in [2.75, 3.05) is 19.8 Å². The lowest BCUT2D eigenvalue weighted by Crippen LogP contribution is -2.48. The molecule has 0 spiro atoms. The van der Waals surface area contributed by atoms with Crippen LogP contribution in [0.4, 0.5) is 8.78 Å². The minimum absolute atomic E-state index is 0.211. The Morgan fingerprint density at radius 2 is 2.21 bits per heavy atom. The van der Waals surface area contributed by atoms with Crippen molar-refractivity contribution in [3.8, 4) is 0 Å². The van der Waals surface area contributed by atoms with E-state index in [1.54, 1.807) is 0 Å². The molecular formula is C8H11F2NO3. The van der Waals surface area contributed by atoms with Gasteiger partial charge in [-0.1, -0.05) is 0 Å². The lowest BCUT2D eigenvalue weighted by Gasteiger charge is -2.27. The monoisotopic (exact) mass is 207 g/mol. The van der Waals surface area contributed by atoms with E-state index in [0.29, 0.717) is 13.2 Å². The van der Waals surface area contributed by atoms with Crippen LogP contribution in [0.5, 0.6) is 0 Å². The molecule has 6 heteroatoms. The normalized spacial score (nSPS) is 31.3. The molecule has 0 aliphatic carbocycles. The van der Waals surface area contributed by atoms with E-state index in [1.807, 2.05) is 0 Å². The van der Waals surface area contributed by atoms with Gasteiger partial charge in [0.05, 0.1) is 25.7 Å². The van der Waals surface area contributed by atoms with Crippen LogP contribution in [0.25, 0.3) is 0 Å². The van der Waals surface area contributed by atoms with Gasteiger partial charge in [0, 0.05) is 6.54 Å². The molecule has 2 saturated heterocycles. The van der Waals surface area contributed by atoms with Crippen molar-refractivity contribution in [2.45, 2.75) is 24.5 Å². The minimum atomic E-state index is -3.30. The molecular weight excluding hydrogens is 196 g/mol. The number of cyclic esters (lactones) is 1. The van der Waals surface area contributed by atoms with E-state index >= 15 is 0 Å². The summed E-state index contributed by atoms with van der Waals surface area (Å²) < 4.78 is 34.8. The smallest absolute Gasteiger partial charge is 0.377 e. The molecule has 1 atom stereocenters. The van der Waals surface area contributed by atoms with Crippen LogP contribution in [0, 0.1) is 0 Å².